The summed E-state index contributed by atoms with van der Waals surface area (Å²) in [5, 5.41) is 0.571. The molecule has 28 heavy (non-hydrogen) atoms. The minimum absolute atomic E-state index is 0.00716. The zero-order valence-corrected chi connectivity index (χ0v) is 18.2. The van der Waals surface area contributed by atoms with Crippen LogP contribution in [0.15, 0.2) is 64.3 Å². The van der Waals surface area contributed by atoms with Crippen molar-refractivity contribution < 1.29 is 9.59 Å². The third-order valence-corrected chi connectivity index (χ3v) is 6.45. The predicted octanol–water partition coefficient (Wildman–Crippen LogP) is 6.27. The second-order valence-electron chi connectivity index (χ2n) is 8.29. The van der Waals surface area contributed by atoms with E-state index < -0.39 is 0 Å². The summed E-state index contributed by atoms with van der Waals surface area (Å²) in [6, 6.07) is 15.1. The van der Waals surface area contributed by atoms with Crippen molar-refractivity contribution in [1.29, 1.82) is 0 Å². The number of amides is 1. The molecule has 1 aliphatic heterocycles. The number of anilines is 1. The Bertz CT molecular complexity index is 1010. The summed E-state index contributed by atoms with van der Waals surface area (Å²) < 4.78 is 0.925. The number of hydrogen-bond donors (Lipinski definition) is 0. The highest BCUT2D eigenvalue weighted by atomic mass is 79.9. The molecule has 4 rings (SSSR count). The van der Waals surface area contributed by atoms with Gasteiger partial charge in [0, 0.05) is 39.5 Å². The van der Waals surface area contributed by atoms with Crippen molar-refractivity contribution in [3.63, 3.8) is 0 Å². The lowest BCUT2D eigenvalue weighted by Crippen LogP contribution is -2.43. The Morgan fingerprint density at radius 2 is 1.82 bits per heavy atom. The van der Waals surface area contributed by atoms with Crippen LogP contribution in [0.5, 0.6) is 0 Å². The predicted molar refractivity (Wildman–Crippen MR) is 115 cm³/mol. The minimum atomic E-state index is -0.225. The summed E-state index contributed by atoms with van der Waals surface area (Å²) in [6.07, 6.45) is 1.43. The molecule has 0 saturated carbocycles. The molecule has 0 bridgehead atoms. The van der Waals surface area contributed by atoms with Gasteiger partial charge in [-0.2, -0.15) is 0 Å². The van der Waals surface area contributed by atoms with Gasteiger partial charge in [0.15, 0.2) is 5.78 Å². The molecule has 1 amide bonds. The fourth-order valence-electron chi connectivity index (χ4n) is 4.35. The lowest BCUT2D eigenvalue weighted by molar-refractivity contribution is -0.121. The van der Waals surface area contributed by atoms with Crippen LogP contribution < -0.4 is 4.90 Å². The standard InChI is InChI=1S/C23H21BrClNO2/c1-23(2)12-19-22(20(27)13-23)17(16-8-3-4-9-18(16)24)11-21(28)26(19)15-7-5-6-14(25)10-15/h3-10,17H,11-13H2,1-2H3. The van der Waals surface area contributed by atoms with E-state index in [1.165, 1.54) is 0 Å². The number of halogens is 2. The van der Waals surface area contributed by atoms with E-state index in [9.17, 15) is 9.59 Å². The van der Waals surface area contributed by atoms with Crippen LogP contribution in [-0.4, -0.2) is 11.7 Å². The monoisotopic (exact) mass is 457 g/mol. The fourth-order valence-corrected chi connectivity index (χ4v) is 5.10. The summed E-state index contributed by atoms with van der Waals surface area (Å²) in [7, 11) is 0. The van der Waals surface area contributed by atoms with Crippen LogP contribution in [0.3, 0.4) is 0 Å². The molecule has 0 saturated heterocycles. The highest BCUT2D eigenvalue weighted by molar-refractivity contribution is 9.10. The Morgan fingerprint density at radius 1 is 1.07 bits per heavy atom. The third-order valence-electron chi connectivity index (χ3n) is 5.49. The van der Waals surface area contributed by atoms with Crippen molar-refractivity contribution in [3.8, 4) is 0 Å². The molecule has 0 spiro atoms. The van der Waals surface area contributed by atoms with E-state index in [0.717, 1.165) is 27.0 Å². The summed E-state index contributed by atoms with van der Waals surface area (Å²) >= 11 is 9.79. The molecule has 1 aliphatic carbocycles. The van der Waals surface area contributed by atoms with Gasteiger partial charge in [0.25, 0.3) is 0 Å². The molecule has 3 nitrogen and oxygen atoms in total. The molecule has 0 fully saturated rings. The summed E-state index contributed by atoms with van der Waals surface area (Å²) in [6.45, 7) is 4.16. The van der Waals surface area contributed by atoms with E-state index in [0.29, 0.717) is 17.9 Å². The van der Waals surface area contributed by atoms with Gasteiger partial charge >= 0.3 is 0 Å². The van der Waals surface area contributed by atoms with Crippen LogP contribution >= 0.6 is 27.5 Å². The maximum Gasteiger partial charge on any atom is 0.232 e. The number of carbonyl (C=O) groups is 2. The average molecular weight is 459 g/mol. The van der Waals surface area contributed by atoms with Crippen molar-refractivity contribution >= 4 is 44.9 Å². The first-order valence-corrected chi connectivity index (χ1v) is 10.5. The number of rotatable bonds is 2. The topological polar surface area (TPSA) is 37.4 Å². The average Bonchev–Trinajstić information content (AvgIpc) is 2.60. The van der Waals surface area contributed by atoms with E-state index in [2.05, 4.69) is 29.8 Å². The maximum absolute atomic E-state index is 13.3. The maximum atomic E-state index is 13.3. The molecule has 2 aromatic rings. The Hall–Kier alpha value is -1.91. The molecule has 0 radical (unpaired) electrons. The van der Waals surface area contributed by atoms with E-state index in [1.807, 2.05) is 36.4 Å². The third kappa shape index (κ3) is 3.44. The Morgan fingerprint density at radius 3 is 2.54 bits per heavy atom. The van der Waals surface area contributed by atoms with Crippen molar-refractivity contribution in [1.82, 2.24) is 0 Å². The van der Waals surface area contributed by atoms with E-state index >= 15 is 0 Å². The first-order chi connectivity index (χ1) is 13.3. The van der Waals surface area contributed by atoms with Crippen molar-refractivity contribution in [2.45, 2.75) is 39.0 Å². The number of Topliss-reactive ketones (excluding diaryl/α,β-unsaturated/α-hetero) is 1. The van der Waals surface area contributed by atoms with Gasteiger partial charge < -0.3 is 0 Å². The summed E-state index contributed by atoms with van der Waals surface area (Å²) in [4.78, 5) is 28.3. The molecule has 2 aliphatic rings. The summed E-state index contributed by atoms with van der Waals surface area (Å²) in [5.74, 6) is -0.101. The Kier molecular flexibility index (Phi) is 4.96. The van der Waals surface area contributed by atoms with Crippen molar-refractivity contribution in [3.05, 3.63) is 74.9 Å². The molecular weight excluding hydrogens is 438 g/mol. The van der Waals surface area contributed by atoms with Gasteiger partial charge in [-0.05, 0) is 41.7 Å². The van der Waals surface area contributed by atoms with E-state index in [-0.39, 0.29) is 29.4 Å². The first-order valence-electron chi connectivity index (χ1n) is 9.36. The van der Waals surface area contributed by atoms with Gasteiger partial charge in [0.05, 0.1) is 5.69 Å². The zero-order chi connectivity index (χ0) is 20.1. The smallest absolute Gasteiger partial charge is 0.232 e. The number of ketones is 1. The number of allylic oxidation sites excluding steroid dienone is 2. The molecule has 1 unspecified atom stereocenters. The molecule has 1 atom stereocenters. The Labute approximate surface area is 178 Å². The number of hydrogen-bond acceptors (Lipinski definition) is 2. The van der Waals surface area contributed by atoms with Gasteiger partial charge in [0.2, 0.25) is 5.91 Å². The van der Waals surface area contributed by atoms with Gasteiger partial charge in [-0.3, -0.25) is 14.5 Å². The van der Waals surface area contributed by atoms with Gasteiger partial charge in [-0.15, -0.1) is 0 Å². The van der Waals surface area contributed by atoms with Crippen LogP contribution in [0.2, 0.25) is 5.02 Å². The van der Waals surface area contributed by atoms with Crippen LogP contribution in [-0.2, 0) is 9.59 Å². The van der Waals surface area contributed by atoms with Gasteiger partial charge in [-0.1, -0.05) is 65.6 Å². The van der Waals surface area contributed by atoms with E-state index in [4.69, 9.17) is 11.6 Å². The SMILES string of the molecule is CC1(C)CC(=O)C2=C(C1)N(c1cccc(Cl)c1)C(=O)CC2c1ccccc1Br. The lowest BCUT2D eigenvalue weighted by atomic mass is 9.69. The van der Waals surface area contributed by atoms with Crippen LogP contribution in [0.1, 0.15) is 44.6 Å². The van der Waals surface area contributed by atoms with Crippen molar-refractivity contribution in [2.75, 3.05) is 4.90 Å². The zero-order valence-electron chi connectivity index (χ0n) is 15.8. The number of carbonyl (C=O) groups excluding carboxylic acids is 2. The second-order valence-corrected chi connectivity index (χ2v) is 9.58. The number of nitrogens with zero attached hydrogens (tertiary/aromatic N) is 1. The number of benzene rings is 2. The van der Waals surface area contributed by atoms with Crippen molar-refractivity contribution in [2.24, 2.45) is 5.41 Å². The summed E-state index contributed by atoms with van der Waals surface area (Å²) in [5.41, 5.74) is 3.11. The molecule has 1 heterocycles. The van der Waals surface area contributed by atoms with Crippen LogP contribution in [0.25, 0.3) is 0 Å². The van der Waals surface area contributed by atoms with E-state index in [1.54, 1.807) is 17.0 Å². The molecule has 5 heteroatoms. The molecular formula is C23H21BrClNO2. The molecule has 0 aromatic heterocycles. The normalized spacial score (nSPS) is 21.7. The molecule has 2 aromatic carbocycles. The van der Waals surface area contributed by atoms with Gasteiger partial charge in [-0.25, -0.2) is 0 Å². The first kappa shape index (κ1) is 19.4. The largest absolute Gasteiger partial charge is 0.294 e. The quantitative estimate of drug-likeness (QED) is 0.532. The van der Waals surface area contributed by atoms with Crippen LogP contribution in [0, 0.1) is 5.41 Å². The highest BCUT2D eigenvalue weighted by Crippen LogP contribution is 2.49. The minimum Gasteiger partial charge on any atom is -0.294 e. The molecule has 0 N–H and O–H groups in total. The molecule has 144 valence electrons. The fraction of sp³-hybridized carbons (Fsp3) is 0.304. The highest BCUT2D eigenvalue weighted by Gasteiger charge is 2.44. The lowest BCUT2D eigenvalue weighted by Gasteiger charge is -2.43. The second kappa shape index (κ2) is 7.16. The van der Waals surface area contributed by atoms with Gasteiger partial charge in [0.1, 0.15) is 0 Å². The Balaban J connectivity index is 1.93. The van der Waals surface area contributed by atoms with Crippen LogP contribution in [0.4, 0.5) is 5.69 Å².